The quantitative estimate of drug-likeness (QED) is 0.685. The Morgan fingerprint density at radius 1 is 1.42 bits per heavy atom. The number of carbonyl (C=O) groups excluding carboxylic acids is 1. The molecule has 0 aliphatic rings. The van der Waals surface area contributed by atoms with Crippen LogP contribution in [0.5, 0.6) is 0 Å². The number of ether oxygens (including phenoxy) is 1. The predicted octanol–water partition coefficient (Wildman–Crippen LogP) is 3.94. The van der Waals surface area contributed by atoms with Crippen LogP contribution in [0.3, 0.4) is 0 Å². The lowest BCUT2D eigenvalue weighted by molar-refractivity contribution is 0.0528. The average molecular weight is 345 g/mol. The zero-order chi connectivity index (χ0) is 16.2. The van der Waals surface area contributed by atoms with Crippen LogP contribution >= 0.6 is 12.4 Å². The molecule has 2 heterocycles. The Balaban J connectivity index is 0.00000208. The molecule has 2 N–H and O–H groups in total. The largest absolute Gasteiger partial charge is 0.462 e. The number of carbonyl (C=O) groups is 1. The number of hydrogen-bond donors (Lipinski definition) is 2. The first-order valence-electron chi connectivity index (χ1n) is 7.21. The Labute approximate surface area is 145 Å². The lowest BCUT2D eigenvalue weighted by atomic mass is 10.2. The molecule has 7 heteroatoms. The van der Waals surface area contributed by atoms with E-state index in [0.717, 1.165) is 11.3 Å². The van der Waals surface area contributed by atoms with Crippen molar-refractivity contribution in [1.82, 2.24) is 15.0 Å². The first kappa shape index (κ1) is 17.5. The summed E-state index contributed by atoms with van der Waals surface area (Å²) >= 11 is 0. The third-order valence-corrected chi connectivity index (χ3v) is 3.35. The van der Waals surface area contributed by atoms with E-state index in [2.05, 4.69) is 26.8 Å². The smallest absolute Gasteiger partial charge is 0.340 e. The van der Waals surface area contributed by atoms with Gasteiger partial charge in [-0.1, -0.05) is 24.8 Å². The molecule has 3 aromatic rings. The molecule has 0 unspecified atom stereocenters. The summed E-state index contributed by atoms with van der Waals surface area (Å²) in [4.78, 5) is 23.5. The number of benzene rings is 1. The summed E-state index contributed by atoms with van der Waals surface area (Å²) in [5.41, 5.74) is 2.81. The van der Waals surface area contributed by atoms with Gasteiger partial charge in [0.15, 0.2) is 0 Å². The highest BCUT2D eigenvalue weighted by molar-refractivity contribution is 6.07. The van der Waals surface area contributed by atoms with Crippen molar-refractivity contribution in [3.05, 3.63) is 54.5 Å². The van der Waals surface area contributed by atoms with Gasteiger partial charge < -0.3 is 15.0 Å². The molecule has 0 aliphatic heterocycles. The van der Waals surface area contributed by atoms with E-state index >= 15 is 0 Å². The second-order valence-corrected chi connectivity index (χ2v) is 4.82. The summed E-state index contributed by atoms with van der Waals surface area (Å²) in [6.07, 6.45) is 4.79. The Kier molecular flexibility index (Phi) is 5.55. The number of nitrogens with one attached hydrogen (secondary N) is 2. The summed E-state index contributed by atoms with van der Waals surface area (Å²) in [7, 11) is 0. The van der Waals surface area contributed by atoms with Gasteiger partial charge in [-0.2, -0.15) is 0 Å². The van der Waals surface area contributed by atoms with Crippen LogP contribution < -0.4 is 5.32 Å². The Morgan fingerprint density at radius 3 is 3.00 bits per heavy atom. The maximum atomic E-state index is 12.1. The van der Waals surface area contributed by atoms with Gasteiger partial charge in [-0.05, 0) is 24.6 Å². The van der Waals surface area contributed by atoms with Crippen LogP contribution in [0.15, 0.2) is 43.4 Å². The van der Waals surface area contributed by atoms with Crippen LogP contribution in [-0.4, -0.2) is 27.5 Å². The number of aromatic nitrogens is 3. The maximum absolute atomic E-state index is 12.1. The molecule has 0 saturated heterocycles. The molecule has 0 spiro atoms. The van der Waals surface area contributed by atoms with Crippen molar-refractivity contribution < 1.29 is 9.53 Å². The highest BCUT2D eigenvalue weighted by Crippen LogP contribution is 2.27. The monoisotopic (exact) mass is 344 g/mol. The lowest BCUT2D eigenvalue weighted by Crippen LogP contribution is -2.05. The normalized spacial score (nSPS) is 10.0. The van der Waals surface area contributed by atoms with E-state index < -0.39 is 5.97 Å². The van der Waals surface area contributed by atoms with Gasteiger partial charge in [0.2, 0.25) is 0 Å². The van der Waals surface area contributed by atoms with Crippen molar-refractivity contribution >= 4 is 47.0 Å². The fraction of sp³-hybridized carbons (Fsp3) is 0.118. The number of esters is 1. The topological polar surface area (TPSA) is 79.9 Å². The highest BCUT2D eigenvalue weighted by Gasteiger charge is 2.18. The maximum Gasteiger partial charge on any atom is 0.340 e. The van der Waals surface area contributed by atoms with Gasteiger partial charge in [0.25, 0.3) is 0 Å². The molecule has 0 atom stereocenters. The van der Waals surface area contributed by atoms with Crippen molar-refractivity contribution in [2.24, 2.45) is 0 Å². The molecule has 1 aromatic carbocycles. The summed E-state index contributed by atoms with van der Waals surface area (Å²) in [5.74, 6) is 0.136. The van der Waals surface area contributed by atoms with Gasteiger partial charge in [-0.3, -0.25) is 0 Å². The molecule has 2 aromatic heterocycles. The number of halogens is 1. The third kappa shape index (κ3) is 3.38. The summed E-state index contributed by atoms with van der Waals surface area (Å²) in [5, 5.41) is 3.82. The Hall–Kier alpha value is -2.86. The number of anilines is 2. The molecular formula is C17H17ClN4O2. The molecule has 6 nitrogen and oxygen atoms in total. The number of H-pyrrole nitrogens is 1. The fourth-order valence-corrected chi connectivity index (χ4v) is 2.31. The fourth-order valence-electron chi connectivity index (χ4n) is 2.31. The zero-order valence-electron chi connectivity index (χ0n) is 13.1. The average Bonchev–Trinajstić information content (AvgIpc) is 3.00. The van der Waals surface area contributed by atoms with Gasteiger partial charge in [0.1, 0.15) is 17.8 Å². The van der Waals surface area contributed by atoms with Crippen LogP contribution in [-0.2, 0) is 4.74 Å². The molecular weight excluding hydrogens is 328 g/mol. The molecule has 3 rings (SSSR count). The predicted molar refractivity (Wildman–Crippen MR) is 96.9 cm³/mol. The molecule has 124 valence electrons. The van der Waals surface area contributed by atoms with E-state index in [9.17, 15) is 4.79 Å². The second kappa shape index (κ2) is 7.61. The van der Waals surface area contributed by atoms with Gasteiger partial charge in [-0.15, -0.1) is 12.4 Å². The molecule has 24 heavy (non-hydrogen) atoms. The second-order valence-electron chi connectivity index (χ2n) is 4.82. The van der Waals surface area contributed by atoms with Crippen molar-refractivity contribution in [3.8, 4) is 0 Å². The van der Waals surface area contributed by atoms with Crippen LogP contribution in [0, 0.1) is 0 Å². The van der Waals surface area contributed by atoms with Crippen LogP contribution in [0.25, 0.3) is 17.1 Å². The van der Waals surface area contributed by atoms with Gasteiger partial charge >= 0.3 is 5.97 Å². The van der Waals surface area contributed by atoms with Crippen molar-refractivity contribution in [2.45, 2.75) is 6.92 Å². The highest BCUT2D eigenvalue weighted by atomic mass is 35.5. The number of aromatic amines is 1. The van der Waals surface area contributed by atoms with Gasteiger partial charge in [0, 0.05) is 11.9 Å². The SMILES string of the molecule is C=Cc1cccc(Nc2ncnc3[nH]cc(C(=O)OCC)c23)c1.Cl. The van der Waals surface area contributed by atoms with E-state index in [4.69, 9.17) is 4.74 Å². The standard InChI is InChI=1S/C17H16N4O2.ClH/c1-3-11-6-5-7-12(8-11)21-16-14-13(17(22)23-4-2)9-18-15(14)19-10-20-16;/h3,5-10H,1,4H2,2H3,(H2,18,19,20,21);1H. The summed E-state index contributed by atoms with van der Waals surface area (Å²) in [6, 6.07) is 7.73. The first-order chi connectivity index (χ1) is 11.2. The Morgan fingerprint density at radius 2 is 2.25 bits per heavy atom. The van der Waals surface area contributed by atoms with Crippen molar-refractivity contribution in [3.63, 3.8) is 0 Å². The number of rotatable bonds is 5. The van der Waals surface area contributed by atoms with Gasteiger partial charge in [0.05, 0.1) is 17.6 Å². The molecule has 0 bridgehead atoms. The van der Waals surface area contributed by atoms with Crippen LogP contribution in [0.4, 0.5) is 11.5 Å². The minimum Gasteiger partial charge on any atom is -0.462 e. The van der Waals surface area contributed by atoms with E-state index in [1.165, 1.54) is 6.33 Å². The number of nitrogens with zero attached hydrogens (tertiary/aromatic N) is 2. The molecule has 0 aliphatic carbocycles. The third-order valence-electron chi connectivity index (χ3n) is 3.35. The lowest BCUT2D eigenvalue weighted by Gasteiger charge is -2.08. The van der Waals surface area contributed by atoms with E-state index in [1.54, 1.807) is 19.2 Å². The van der Waals surface area contributed by atoms with Crippen molar-refractivity contribution in [2.75, 3.05) is 11.9 Å². The van der Waals surface area contributed by atoms with Crippen LogP contribution in [0.1, 0.15) is 22.8 Å². The van der Waals surface area contributed by atoms with E-state index in [-0.39, 0.29) is 12.4 Å². The minimum absolute atomic E-state index is 0. The number of hydrogen-bond acceptors (Lipinski definition) is 5. The molecule has 0 fully saturated rings. The van der Waals surface area contributed by atoms with E-state index in [1.807, 2.05) is 24.3 Å². The summed E-state index contributed by atoms with van der Waals surface area (Å²) in [6.45, 7) is 5.83. The van der Waals surface area contributed by atoms with Gasteiger partial charge in [-0.25, -0.2) is 14.8 Å². The first-order valence-corrected chi connectivity index (χ1v) is 7.21. The Bertz CT molecular complexity index is 876. The summed E-state index contributed by atoms with van der Waals surface area (Å²) < 4.78 is 5.08. The minimum atomic E-state index is -0.406. The molecule has 0 radical (unpaired) electrons. The zero-order valence-corrected chi connectivity index (χ0v) is 13.9. The number of fused-ring (bicyclic) bond motifs is 1. The molecule has 0 amide bonds. The molecule has 0 saturated carbocycles. The van der Waals surface area contributed by atoms with Crippen LogP contribution in [0.2, 0.25) is 0 Å². The van der Waals surface area contributed by atoms with Crippen molar-refractivity contribution in [1.29, 1.82) is 0 Å². The van der Waals surface area contributed by atoms with E-state index in [0.29, 0.717) is 29.0 Å².